The van der Waals surface area contributed by atoms with Gasteiger partial charge in [0.05, 0.1) is 6.61 Å². The number of para-hydroxylation sites is 1. The van der Waals surface area contributed by atoms with Crippen LogP contribution in [0.15, 0.2) is 53.4 Å². The van der Waals surface area contributed by atoms with Crippen LogP contribution in [0.4, 0.5) is 5.69 Å². The smallest absolute Gasteiger partial charge is 0.246 e. The highest BCUT2D eigenvalue weighted by molar-refractivity contribution is 7.89. The van der Waals surface area contributed by atoms with Crippen LogP contribution in [-0.4, -0.2) is 45.6 Å². The molecule has 0 bridgehead atoms. The number of ether oxygens (including phenoxy) is 2. The van der Waals surface area contributed by atoms with E-state index in [4.69, 9.17) is 9.47 Å². The fraction of sp³-hybridized carbons (Fsp3) is 0.429. The molecule has 0 radical (unpaired) electrons. The number of piperidine rings is 1. The molecule has 1 N–H and O–H groups in total. The highest BCUT2D eigenvalue weighted by Crippen LogP contribution is 2.31. The van der Waals surface area contributed by atoms with Gasteiger partial charge in [0.2, 0.25) is 10.0 Å². The van der Waals surface area contributed by atoms with Gasteiger partial charge >= 0.3 is 0 Å². The molecule has 2 aromatic carbocycles. The number of nitrogens with one attached hydrogen (secondary N) is 1. The lowest BCUT2D eigenvalue weighted by Crippen LogP contribution is -2.35. The van der Waals surface area contributed by atoms with Gasteiger partial charge < -0.3 is 14.8 Å². The molecule has 7 heteroatoms. The molecule has 0 aromatic heterocycles. The minimum absolute atomic E-state index is 0.227. The molecular weight excluding hydrogens is 376 g/mol. The van der Waals surface area contributed by atoms with Crippen molar-refractivity contribution in [1.29, 1.82) is 0 Å². The molecule has 0 aliphatic carbocycles. The van der Waals surface area contributed by atoms with Crippen LogP contribution in [0.25, 0.3) is 0 Å². The molecule has 28 heavy (non-hydrogen) atoms. The fourth-order valence-corrected chi connectivity index (χ4v) is 4.89. The second-order valence-electron chi connectivity index (χ2n) is 6.65. The number of rotatable bonds is 9. The molecule has 1 aliphatic heterocycles. The van der Waals surface area contributed by atoms with Gasteiger partial charge in [-0.1, -0.05) is 24.6 Å². The number of nitrogens with zero attached hydrogens (tertiary/aromatic N) is 1. The molecule has 3 rings (SSSR count). The predicted molar refractivity (Wildman–Crippen MR) is 111 cm³/mol. The van der Waals surface area contributed by atoms with E-state index in [1.165, 1.54) is 0 Å². The topological polar surface area (TPSA) is 67.9 Å². The molecule has 1 heterocycles. The minimum Gasteiger partial charge on any atom is -0.492 e. The Hall–Kier alpha value is -2.25. The van der Waals surface area contributed by atoms with Crippen molar-refractivity contribution in [2.24, 2.45) is 0 Å². The van der Waals surface area contributed by atoms with Gasteiger partial charge in [-0.15, -0.1) is 0 Å². The molecule has 0 spiro atoms. The third-order valence-electron chi connectivity index (χ3n) is 4.62. The molecule has 1 saturated heterocycles. The normalized spacial score (nSPS) is 15.2. The third-order valence-corrected chi connectivity index (χ3v) is 6.54. The summed E-state index contributed by atoms with van der Waals surface area (Å²) in [5.74, 6) is 1.21. The monoisotopic (exact) mass is 404 g/mol. The van der Waals surface area contributed by atoms with Crippen LogP contribution in [0.3, 0.4) is 0 Å². The first-order valence-electron chi connectivity index (χ1n) is 9.80. The van der Waals surface area contributed by atoms with Crippen LogP contribution in [0.2, 0.25) is 0 Å². The van der Waals surface area contributed by atoms with Crippen molar-refractivity contribution in [3.05, 3.63) is 48.5 Å². The van der Waals surface area contributed by atoms with E-state index < -0.39 is 10.0 Å². The average molecular weight is 405 g/mol. The van der Waals surface area contributed by atoms with Crippen molar-refractivity contribution in [3.63, 3.8) is 0 Å². The summed E-state index contributed by atoms with van der Waals surface area (Å²) < 4.78 is 39.1. The summed E-state index contributed by atoms with van der Waals surface area (Å²) in [6.45, 7) is 4.44. The van der Waals surface area contributed by atoms with Gasteiger partial charge in [-0.05, 0) is 50.1 Å². The van der Waals surface area contributed by atoms with Crippen molar-refractivity contribution in [2.45, 2.75) is 31.1 Å². The van der Waals surface area contributed by atoms with Crippen LogP contribution in [0.5, 0.6) is 11.5 Å². The first kappa shape index (κ1) is 20.5. The lowest BCUT2D eigenvalue weighted by molar-refractivity contribution is 0.322. The highest BCUT2D eigenvalue weighted by atomic mass is 32.2. The standard InChI is InChI=1S/C21H28N2O4S/c1-2-26-20-12-11-18(22-13-16-27-19-9-5-3-6-10-19)17-21(20)28(24,25)23-14-7-4-8-15-23/h3,5-6,9-12,17,22H,2,4,7-8,13-16H2,1H3. The van der Waals surface area contributed by atoms with Crippen molar-refractivity contribution in [2.75, 3.05) is 38.2 Å². The van der Waals surface area contributed by atoms with Gasteiger partial charge in [-0.2, -0.15) is 4.31 Å². The van der Waals surface area contributed by atoms with Gasteiger partial charge in [0, 0.05) is 25.3 Å². The average Bonchev–Trinajstić information content (AvgIpc) is 2.73. The Kier molecular flexibility index (Phi) is 7.17. The number of sulfonamides is 1. The van der Waals surface area contributed by atoms with E-state index in [1.807, 2.05) is 43.3 Å². The summed E-state index contributed by atoms with van der Waals surface area (Å²) in [6, 6.07) is 14.8. The van der Waals surface area contributed by atoms with Crippen LogP contribution in [0, 0.1) is 0 Å². The van der Waals surface area contributed by atoms with E-state index in [1.54, 1.807) is 16.4 Å². The lowest BCUT2D eigenvalue weighted by atomic mass is 10.2. The molecule has 0 unspecified atom stereocenters. The maximum Gasteiger partial charge on any atom is 0.246 e. The molecule has 2 aromatic rings. The van der Waals surface area contributed by atoms with Gasteiger partial charge in [0.25, 0.3) is 0 Å². The van der Waals surface area contributed by atoms with Crippen molar-refractivity contribution >= 4 is 15.7 Å². The Morgan fingerprint density at radius 1 is 1.00 bits per heavy atom. The largest absolute Gasteiger partial charge is 0.492 e. The predicted octanol–water partition coefficient (Wildman–Crippen LogP) is 3.75. The van der Waals surface area contributed by atoms with Crippen molar-refractivity contribution < 1.29 is 17.9 Å². The van der Waals surface area contributed by atoms with Crippen molar-refractivity contribution in [1.82, 2.24) is 4.31 Å². The number of hydrogen-bond donors (Lipinski definition) is 1. The van der Waals surface area contributed by atoms with E-state index in [9.17, 15) is 8.42 Å². The molecular formula is C21H28N2O4S. The lowest BCUT2D eigenvalue weighted by Gasteiger charge is -2.27. The van der Waals surface area contributed by atoms with E-state index in [0.29, 0.717) is 38.6 Å². The van der Waals surface area contributed by atoms with Gasteiger partial charge in [-0.3, -0.25) is 0 Å². The molecule has 0 saturated carbocycles. The second kappa shape index (κ2) is 9.80. The van der Waals surface area contributed by atoms with Crippen LogP contribution >= 0.6 is 0 Å². The van der Waals surface area contributed by atoms with E-state index >= 15 is 0 Å². The van der Waals surface area contributed by atoms with Gasteiger partial charge in [-0.25, -0.2) is 8.42 Å². The molecule has 0 atom stereocenters. The van der Waals surface area contributed by atoms with E-state index in [-0.39, 0.29) is 4.90 Å². The molecule has 6 nitrogen and oxygen atoms in total. The molecule has 1 aliphatic rings. The maximum atomic E-state index is 13.1. The highest BCUT2D eigenvalue weighted by Gasteiger charge is 2.29. The Bertz CT molecular complexity index is 850. The Labute approximate surface area is 167 Å². The van der Waals surface area contributed by atoms with Gasteiger partial charge in [0.15, 0.2) is 0 Å². The maximum absolute atomic E-state index is 13.1. The summed E-state index contributed by atoms with van der Waals surface area (Å²) in [4.78, 5) is 0.227. The quantitative estimate of drug-likeness (QED) is 0.645. The van der Waals surface area contributed by atoms with Crippen LogP contribution in [-0.2, 0) is 10.0 Å². The fourth-order valence-electron chi connectivity index (χ4n) is 3.22. The summed E-state index contributed by atoms with van der Waals surface area (Å²) in [5.41, 5.74) is 0.732. The minimum atomic E-state index is -3.57. The van der Waals surface area contributed by atoms with Crippen LogP contribution in [0.1, 0.15) is 26.2 Å². The first-order valence-corrected chi connectivity index (χ1v) is 11.2. The zero-order valence-corrected chi connectivity index (χ0v) is 17.1. The number of hydrogen-bond acceptors (Lipinski definition) is 5. The zero-order valence-electron chi connectivity index (χ0n) is 16.3. The van der Waals surface area contributed by atoms with Gasteiger partial charge in [0.1, 0.15) is 23.0 Å². The Morgan fingerprint density at radius 2 is 1.75 bits per heavy atom. The summed E-state index contributed by atoms with van der Waals surface area (Å²) in [7, 11) is -3.57. The molecule has 1 fully saturated rings. The number of benzene rings is 2. The van der Waals surface area contributed by atoms with E-state index in [0.717, 1.165) is 30.7 Å². The molecule has 0 amide bonds. The SMILES string of the molecule is CCOc1ccc(NCCOc2ccccc2)cc1S(=O)(=O)N1CCCCC1. The Morgan fingerprint density at radius 3 is 2.46 bits per heavy atom. The summed E-state index contributed by atoms with van der Waals surface area (Å²) >= 11 is 0. The molecule has 152 valence electrons. The van der Waals surface area contributed by atoms with Crippen molar-refractivity contribution in [3.8, 4) is 11.5 Å². The zero-order chi connectivity index (χ0) is 19.8. The van der Waals surface area contributed by atoms with Crippen LogP contribution < -0.4 is 14.8 Å². The summed E-state index contributed by atoms with van der Waals surface area (Å²) in [5, 5.41) is 3.24. The Balaban J connectivity index is 1.70. The summed E-state index contributed by atoms with van der Waals surface area (Å²) in [6.07, 6.45) is 2.88. The first-order chi connectivity index (χ1) is 13.6. The second-order valence-corrected chi connectivity index (χ2v) is 8.55. The van der Waals surface area contributed by atoms with E-state index in [2.05, 4.69) is 5.32 Å². The number of anilines is 1. The third kappa shape index (κ3) is 5.17.